The summed E-state index contributed by atoms with van der Waals surface area (Å²) in [6.45, 7) is 6.45. The molecule has 7 nitrogen and oxygen atoms in total. The van der Waals surface area contributed by atoms with Crippen LogP contribution < -0.4 is 15.4 Å². The Morgan fingerprint density at radius 2 is 1.67 bits per heavy atom. The van der Waals surface area contributed by atoms with Gasteiger partial charge in [-0.15, -0.1) is 0 Å². The first-order valence-corrected chi connectivity index (χ1v) is 11.9. The van der Waals surface area contributed by atoms with Gasteiger partial charge in [-0.25, -0.2) is 0 Å². The maximum Gasteiger partial charge on any atom is 0.252 e. The summed E-state index contributed by atoms with van der Waals surface area (Å²) in [5.41, 5.74) is 1.29. The van der Waals surface area contributed by atoms with Crippen LogP contribution >= 0.6 is 0 Å². The predicted molar refractivity (Wildman–Crippen MR) is 128 cm³/mol. The first-order valence-electron chi connectivity index (χ1n) is 11.9. The van der Waals surface area contributed by atoms with Crippen LogP contribution in [0.3, 0.4) is 0 Å². The van der Waals surface area contributed by atoms with Crippen LogP contribution in [0.15, 0.2) is 54.6 Å². The van der Waals surface area contributed by atoms with Crippen LogP contribution in [0.25, 0.3) is 0 Å². The van der Waals surface area contributed by atoms with Gasteiger partial charge in [-0.1, -0.05) is 30.3 Å². The molecule has 0 unspecified atom stereocenters. The second-order valence-electron chi connectivity index (χ2n) is 8.86. The summed E-state index contributed by atoms with van der Waals surface area (Å²) in [6.07, 6.45) is 2.46. The molecular formula is C26H34N4O3. The molecule has 4 rings (SSSR count). The zero-order chi connectivity index (χ0) is 23.0. The van der Waals surface area contributed by atoms with Gasteiger partial charge in [-0.2, -0.15) is 0 Å². The average Bonchev–Trinajstić information content (AvgIpc) is 2.88. The van der Waals surface area contributed by atoms with Crippen molar-refractivity contribution in [1.82, 2.24) is 20.4 Å². The minimum atomic E-state index is -0.711. The number of piperidine rings is 1. The SMILES string of the molecule is COc1ccc(C(=O)N[C@@H](C(=O)N2CCN(CC3CCNCC3)CC2)c2ccccc2)cc1. The molecule has 2 saturated heterocycles. The lowest BCUT2D eigenvalue weighted by Crippen LogP contribution is -2.53. The number of amides is 2. The van der Waals surface area contributed by atoms with Crippen molar-refractivity contribution >= 4 is 11.8 Å². The highest BCUT2D eigenvalue weighted by Crippen LogP contribution is 2.20. The maximum absolute atomic E-state index is 13.5. The Bertz CT molecular complexity index is 905. The number of hydrogen-bond acceptors (Lipinski definition) is 5. The van der Waals surface area contributed by atoms with Crippen LogP contribution in [-0.2, 0) is 4.79 Å². The number of carbonyl (C=O) groups excluding carboxylic acids is 2. The number of ether oxygens (including phenoxy) is 1. The molecule has 0 saturated carbocycles. The van der Waals surface area contributed by atoms with Crippen LogP contribution in [0.5, 0.6) is 5.75 Å². The van der Waals surface area contributed by atoms with Crippen molar-refractivity contribution in [3.63, 3.8) is 0 Å². The second-order valence-corrected chi connectivity index (χ2v) is 8.86. The molecule has 2 amide bonds. The zero-order valence-corrected chi connectivity index (χ0v) is 19.3. The summed E-state index contributed by atoms with van der Waals surface area (Å²) < 4.78 is 5.17. The molecule has 2 N–H and O–H groups in total. The molecule has 7 heteroatoms. The van der Waals surface area contributed by atoms with Gasteiger partial charge in [-0.3, -0.25) is 14.5 Å². The summed E-state index contributed by atoms with van der Waals surface area (Å²) in [4.78, 5) is 30.9. The lowest BCUT2D eigenvalue weighted by molar-refractivity contribution is -0.135. The summed E-state index contributed by atoms with van der Waals surface area (Å²) in [5, 5.41) is 6.39. The van der Waals surface area contributed by atoms with Crippen molar-refractivity contribution in [2.24, 2.45) is 5.92 Å². The molecule has 2 aromatic carbocycles. The molecule has 0 bridgehead atoms. The third-order valence-electron chi connectivity index (χ3n) is 6.67. The first-order chi connectivity index (χ1) is 16.1. The molecule has 0 aromatic heterocycles. The van der Waals surface area contributed by atoms with Crippen LogP contribution in [0.1, 0.15) is 34.8 Å². The Hall–Kier alpha value is -2.90. The second kappa shape index (κ2) is 11.3. The Balaban J connectivity index is 1.40. The maximum atomic E-state index is 13.5. The van der Waals surface area contributed by atoms with Gasteiger partial charge >= 0.3 is 0 Å². The monoisotopic (exact) mass is 450 g/mol. The molecule has 33 heavy (non-hydrogen) atoms. The lowest BCUT2D eigenvalue weighted by Gasteiger charge is -2.38. The topological polar surface area (TPSA) is 73.9 Å². The lowest BCUT2D eigenvalue weighted by atomic mass is 9.97. The molecule has 0 aliphatic carbocycles. The number of benzene rings is 2. The van der Waals surface area contributed by atoms with Crippen molar-refractivity contribution < 1.29 is 14.3 Å². The van der Waals surface area contributed by atoms with Crippen LogP contribution in [0, 0.1) is 5.92 Å². The third kappa shape index (κ3) is 6.12. The van der Waals surface area contributed by atoms with E-state index in [0.717, 1.165) is 44.2 Å². The summed E-state index contributed by atoms with van der Waals surface area (Å²) in [5.74, 6) is 1.10. The van der Waals surface area contributed by atoms with Crippen molar-refractivity contribution in [3.8, 4) is 5.75 Å². The van der Waals surface area contributed by atoms with E-state index in [9.17, 15) is 9.59 Å². The highest BCUT2D eigenvalue weighted by atomic mass is 16.5. The summed E-state index contributed by atoms with van der Waals surface area (Å²) in [7, 11) is 1.59. The van der Waals surface area contributed by atoms with E-state index in [1.54, 1.807) is 31.4 Å². The number of rotatable bonds is 7. The van der Waals surface area contributed by atoms with E-state index in [2.05, 4.69) is 15.5 Å². The molecular weight excluding hydrogens is 416 g/mol. The molecule has 0 radical (unpaired) electrons. The Morgan fingerprint density at radius 1 is 1.00 bits per heavy atom. The van der Waals surface area contributed by atoms with E-state index in [0.29, 0.717) is 24.4 Å². The Kier molecular flexibility index (Phi) is 7.96. The standard InChI is InChI=1S/C26H34N4O3/c1-33-23-9-7-22(8-10-23)25(31)28-24(21-5-3-2-4-6-21)26(32)30-17-15-29(16-18-30)19-20-11-13-27-14-12-20/h2-10,20,24,27H,11-19H2,1H3,(H,28,31)/t24-/m1/s1. The van der Waals surface area contributed by atoms with Gasteiger partial charge in [0.1, 0.15) is 11.8 Å². The van der Waals surface area contributed by atoms with Crippen molar-refractivity contribution in [2.75, 3.05) is 52.9 Å². The zero-order valence-electron chi connectivity index (χ0n) is 19.3. The number of piperazine rings is 1. The molecule has 2 aliphatic heterocycles. The molecule has 176 valence electrons. The fraction of sp³-hybridized carbons (Fsp3) is 0.462. The molecule has 2 heterocycles. The molecule has 2 aliphatic rings. The van der Waals surface area contributed by atoms with Crippen molar-refractivity contribution in [3.05, 3.63) is 65.7 Å². The Morgan fingerprint density at radius 3 is 2.30 bits per heavy atom. The van der Waals surface area contributed by atoms with Crippen LogP contribution in [0.4, 0.5) is 0 Å². The average molecular weight is 451 g/mol. The molecule has 0 spiro atoms. The number of methoxy groups -OCH3 is 1. The van der Waals surface area contributed by atoms with E-state index in [4.69, 9.17) is 4.74 Å². The number of nitrogens with zero attached hydrogens (tertiary/aromatic N) is 2. The minimum absolute atomic E-state index is 0.0513. The van der Waals surface area contributed by atoms with Gasteiger partial charge in [0.15, 0.2) is 0 Å². The van der Waals surface area contributed by atoms with Gasteiger partial charge < -0.3 is 20.3 Å². The highest BCUT2D eigenvalue weighted by Gasteiger charge is 2.30. The van der Waals surface area contributed by atoms with Crippen molar-refractivity contribution in [2.45, 2.75) is 18.9 Å². The Labute approximate surface area is 196 Å². The van der Waals surface area contributed by atoms with E-state index < -0.39 is 6.04 Å². The largest absolute Gasteiger partial charge is 0.497 e. The van der Waals surface area contributed by atoms with E-state index >= 15 is 0 Å². The van der Waals surface area contributed by atoms with Crippen molar-refractivity contribution in [1.29, 1.82) is 0 Å². The fourth-order valence-electron chi connectivity index (χ4n) is 4.65. The van der Waals surface area contributed by atoms with E-state index in [1.165, 1.54) is 12.8 Å². The van der Waals surface area contributed by atoms with Gasteiger partial charge in [0.25, 0.3) is 5.91 Å². The van der Waals surface area contributed by atoms with E-state index in [-0.39, 0.29) is 11.8 Å². The van der Waals surface area contributed by atoms with Gasteiger partial charge in [0, 0.05) is 38.3 Å². The predicted octanol–water partition coefficient (Wildman–Crippen LogP) is 2.31. The summed E-state index contributed by atoms with van der Waals surface area (Å²) in [6, 6.07) is 15.7. The number of hydrogen-bond donors (Lipinski definition) is 2. The minimum Gasteiger partial charge on any atom is -0.497 e. The van der Waals surface area contributed by atoms with Gasteiger partial charge in [0.2, 0.25) is 5.91 Å². The van der Waals surface area contributed by atoms with Crippen LogP contribution in [-0.4, -0.2) is 74.5 Å². The number of carbonyl (C=O) groups is 2. The van der Waals surface area contributed by atoms with Gasteiger partial charge in [-0.05, 0) is 61.7 Å². The molecule has 2 aromatic rings. The smallest absolute Gasteiger partial charge is 0.252 e. The summed E-state index contributed by atoms with van der Waals surface area (Å²) >= 11 is 0. The third-order valence-corrected chi connectivity index (χ3v) is 6.67. The highest BCUT2D eigenvalue weighted by molar-refractivity contribution is 5.98. The van der Waals surface area contributed by atoms with E-state index in [1.807, 2.05) is 35.2 Å². The number of nitrogens with one attached hydrogen (secondary N) is 2. The first kappa shape index (κ1) is 23.3. The fourth-order valence-corrected chi connectivity index (χ4v) is 4.65. The van der Waals surface area contributed by atoms with Gasteiger partial charge in [0.05, 0.1) is 7.11 Å². The normalized spacial score (nSPS) is 18.5. The van der Waals surface area contributed by atoms with Crippen LogP contribution in [0.2, 0.25) is 0 Å². The molecule has 2 fully saturated rings. The quantitative estimate of drug-likeness (QED) is 0.677. The molecule has 1 atom stereocenters.